The molecule has 7 heteroatoms. The topological polar surface area (TPSA) is 63.3 Å². The zero-order valence-corrected chi connectivity index (χ0v) is 19.7. The highest BCUT2D eigenvalue weighted by Crippen LogP contribution is 2.35. The van der Waals surface area contributed by atoms with Crippen molar-refractivity contribution in [3.63, 3.8) is 0 Å². The molecule has 1 amide bonds. The third kappa shape index (κ3) is 6.11. The van der Waals surface area contributed by atoms with E-state index in [0.29, 0.717) is 13.1 Å². The molecule has 0 unspecified atom stereocenters. The van der Waals surface area contributed by atoms with E-state index < -0.39 is 6.09 Å². The van der Waals surface area contributed by atoms with Crippen LogP contribution in [-0.4, -0.2) is 56.6 Å². The van der Waals surface area contributed by atoms with Crippen LogP contribution in [0, 0.1) is 0 Å². The van der Waals surface area contributed by atoms with Crippen LogP contribution in [0.15, 0.2) is 48.5 Å². The molecule has 1 saturated carbocycles. The first-order valence-electron chi connectivity index (χ1n) is 12.0. The van der Waals surface area contributed by atoms with E-state index in [1.54, 1.807) is 7.11 Å². The Morgan fingerprint density at radius 1 is 1.06 bits per heavy atom. The van der Waals surface area contributed by atoms with Crippen LogP contribution in [0.25, 0.3) is 0 Å². The van der Waals surface area contributed by atoms with E-state index in [-0.39, 0.29) is 12.1 Å². The maximum atomic E-state index is 12.1. The molecular formula is C26H35N3O4. The number of rotatable bonds is 8. The van der Waals surface area contributed by atoms with Crippen LogP contribution < -0.4 is 19.7 Å². The van der Waals surface area contributed by atoms with E-state index in [1.165, 1.54) is 18.4 Å². The average Bonchev–Trinajstić information content (AvgIpc) is 3.34. The number of ether oxygens (including phenoxy) is 2. The number of anilines is 1. The zero-order chi connectivity index (χ0) is 23.0. The SMILES string of the molecule is CCNC(=O)ON1CCN(c2ccc(OC)c(OC3CCCC3)c2)C[C@@H]1Cc1ccccc1. The summed E-state index contributed by atoms with van der Waals surface area (Å²) in [6.45, 7) is 4.54. The Morgan fingerprint density at radius 2 is 1.85 bits per heavy atom. The van der Waals surface area contributed by atoms with E-state index in [2.05, 4.69) is 34.5 Å². The molecule has 2 aromatic rings. The van der Waals surface area contributed by atoms with Gasteiger partial charge in [0.05, 0.1) is 25.8 Å². The van der Waals surface area contributed by atoms with Crippen molar-refractivity contribution in [2.24, 2.45) is 0 Å². The smallest absolute Gasteiger partial charge is 0.426 e. The molecule has 4 rings (SSSR count). The number of amides is 1. The average molecular weight is 454 g/mol. The van der Waals surface area contributed by atoms with Crippen LogP contribution in [0.4, 0.5) is 10.5 Å². The molecule has 1 atom stereocenters. The minimum atomic E-state index is -0.402. The van der Waals surface area contributed by atoms with Crippen molar-refractivity contribution in [1.82, 2.24) is 10.4 Å². The summed E-state index contributed by atoms with van der Waals surface area (Å²) in [7, 11) is 1.68. The Balaban J connectivity index is 1.51. The van der Waals surface area contributed by atoms with Crippen molar-refractivity contribution >= 4 is 11.8 Å². The normalized spacial score (nSPS) is 19.3. The van der Waals surface area contributed by atoms with Crippen molar-refractivity contribution in [1.29, 1.82) is 0 Å². The third-order valence-corrected chi connectivity index (χ3v) is 6.37. The van der Waals surface area contributed by atoms with Crippen LogP contribution in [0.1, 0.15) is 38.2 Å². The second-order valence-corrected chi connectivity index (χ2v) is 8.70. The lowest BCUT2D eigenvalue weighted by molar-refractivity contribution is -0.135. The van der Waals surface area contributed by atoms with E-state index in [1.807, 2.05) is 36.3 Å². The Labute approximate surface area is 196 Å². The summed E-state index contributed by atoms with van der Waals surface area (Å²) in [4.78, 5) is 20.1. The van der Waals surface area contributed by atoms with Gasteiger partial charge >= 0.3 is 6.09 Å². The molecule has 1 aliphatic heterocycles. The van der Waals surface area contributed by atoms with Gasteiger partial charge in [0.1, 0.15) is 0 Å². The summed E-state index contributed by atoms with van der Waals surface area (Å²) < 4.78 is 11.9. The van der Waals surface area contributed by atoms with Gasteiger partial charge in [0, 0.05) is 31.4 Å². The van der Waals surface area contributed by atoms with Gasteiger partial charge in [0.2, 0.25) is 0 Å². The molecule has 33 heavy (non-hydrogen) atoms. The minimum Gasteiger partial charge on any atom is -0.493 e. The molecule has 0 radical (unpaired) electrons. The highest BCUT2D eigenvalue weighted by Gasteiger charge is 2.31. The van der Waals surface area contributed by atoms with Gasteiger partial charge in [-0.05, 0) is 56.7 Å². The number of benzene rings is 2. The van der Waals surface area contributed by atoms with Crippen LogP contribution in [0.5, 0.6) is 11.5 Å². The molecule has 2 aliphatic rings. The predicted octanol–water partition coefficient (Wildman–Crippen LogP) is 4.41. The molecule has 2 fully saturated rings. The molecule has 2 aromatic carbocycles. The zero-order valence-electron chi connectivity index (χ0n) is 19.7. The summed E-state index contributed by atoms with van der Waals surface area (Å²) >= 11 is 0. The summed E-state index contributed by atoms with van der Waals surface area (Å²) in [5, 5.41) is 4.56. The molecule has 0 bridgehead atoms. The third-order valence-electron chi connectivity index (χ3n) is 6.37. The largest absolute Gasteiger partial charge is 0.493 e. The highest BCUT2D eigenvalue weighted by molar-refractivity contribution is 5.66. The second-order valence-electron chi connectivity index (χ2n) is 8.70. The number of hydrogen-bond acceptors (Lipinski definition) is 6. The van der Waals surface area contributed by atoms with E-state index in [0.717, 1.165) is 49.5 Å². The standard InChI is InChI=1S/C26H35N3O4/c1-3-27-26(30)33-29-16-15-28(19-22(29)17-20-9-5-4-6-10-20)21-13-14-24(31-2)25(18-21)32-23-11-7-8-12-23/h4-6,9-10,13-14,18,22-23H,3,7-8,11-12,15-17,19H2,1-2H3,(H,27,30)/t22-/m0/s1. The van der Waals surface area contributed by atoms with Crippen molar-refractivity contribution in [3.8, 4) is 11.5 Å². The molecule has 1 N–H and O–H groups in total. The number of piperazine rings is 1. The Morgan fingerprint density at radius 3 is 2.58 bits per heavy atom. The molecule has 178 valence electrons. The van der Waals surface area contributed by atoms with Crippen molar-refractivity contribution in [3.05, 3.63) is 54.1 Å². The number of carbonyl (C=O) groups is 1. The fourth-order valence-corrected chi connectivity index (χ4v) is 4.67. The lowest BCUT2D eigenvalue weighted by Gasteiger charge is -2.41. The summed E-state index contributed by atoms with van der Waals surface area (Å²) in [5.74, 6) is 1.58. The second kappa shape index (κ2) is 11.3. The van der Waals surface area contributed by atoms with E-state index in [4.69, 9.17) is 14.3 Å². The lowest BCUT2D eigenvalue weighted by Crippen LogP contribution is -2.55. The highest BCUT2D eigenvalue weighted by atomic mass is 16.7. The molecule has 1 saturated heterocycles. The molecule has 1 aliphatic carbocycles. The monoisotopic (exact) mass is 453 g/mol. The van der Waals surface area contributed by atoms with E-state index in [9.17, 15) is 4.79 Å². The van der Waals surface area contributed by atoms with Crippen molar-refractivity contribution in [2.75, 3.05) is 38.2 Å². The summed E-state index contributed by atoms with van der Waals surface area (Å²) in [6, 6.07) is 16.5. The van der Waals surface area contributed by atoms with Crippen LogP contribution >= 0.6 is 0 Å². The van der Waals surface area contributed by atoms with E-state index >= 15 is 0 Å². The molecule has 0 aromatic heterocycles. The van der Waals surface area contributed by atoms with Gasteiger partial charge in [-0.1, -0.05) is 30.3 Å². The Hall–Kier alpha value is -2.93. The Kier molecular flexibility index (Phi) is 7.94. The van der Waals surface area contributed by atoms with Gasteiger partial charge in [-0.15, -0.1) is 5.06 Å². The van der Waals surface area contributed by atoms with Gasteiger partial charge in [-0.3, -0.25) is 0 Å². The molecule has 7 nitrogen and oxygen atoms in total. The summed E-state index contributed by atoms with van der Waals surface area (Å²) in [5.41, 5.74) is 2.31. The number of nitrogens with zero attached hydrogens (tertiary/aromatic N) is 2. The molecule has 1 heterocycles. The van der Waals surface area contributed by atoms with Crippen molar-refractivity contribution < 1.29 is 19.1 Å². The van der Waals surface area contributed by atoms with Gasteiger partial charge in [-0.2, -0.15) is 0 Å². The molecular weight excluding hydrogens is 418 g/mol. The maximum Gasteiger partial charge on any atom is 0.426 e. The van der Waals surface area contributed by atoms with Gasteiger partial charge in [0.15, 0.2) is 11.5 Å². The Bertz CT molecular complexity index is 902. The van der Waals surface area contributed by atoms with Crippen molar-refractivity contribution in [2.45, 2.75) is 51.2 Å². The minimum absolute atomic E-state index is 0.0325. The lowest BCUT2D eigenvalue weighted by atomic mass is 10.0. The molecule has 0 spiro atoms. The first-order chi connectivity index (χ1) is 16.2. The van der Waals surface area contributed by atoms with Crippen LogP contribution in [0.2, 0.25) is 0 Å². The van der Waals surface area contributed by atoms with Crippen LogP contribution in [-0.2, 0) is 11.3 Å². The van der Waals surface area contributed by atoms with Crippen LogP contribution in [0.3, 0.4) is 0 Å². The first-order valence-corrected chi connectivity index (χ1v) is 12.0. The van der Waals surface area contributed by atoms with Gasteiger partial charge in [-0.25, -0.2) is 4.79 Å². The van der Waals surface area contributed by atoms with Gasteiger partial charge in [0.25, 0.3) is 0 Å². The summed E-state index contributed by atoms with van der Waals surface area (Å²) in [6.07, 6.45) is 5.30. The first kappa shape index (κ1) is 23.2. The maximum absolute atomic E-state index is 12.1. The fourth-order valence-electron chi connectivity index (χ4n) is 4.67. The number of hydrogen-bond donors (Lipinski definition) is 1. The number of methoxy groups -OCH3 is 1. The number of carbonyl (C=O) groups excluding carboxylic acids is 1. The number of nitrogens with one attached hydrogen (secondary N) is 1. The quantitative estimate of drug-likeness (QED) is 0.639. The fraction of sp³-hybridized carbons (Fsp3) is 0.500. The number of hydroxylamine groups is 2. The van der Waals surface area contributed by atoms with Gasteiger partial charge < -0.3 is 24.5 Å². The predicted molar refractivity (Wildman–Crippen MR) is 129 cm³/mol.